The van der Waals surface area contributed by atoms with Crippen molar-refractivity contribution >= 4 is 29.5 Å². The molecule has 118 valence electrons. The van der Waals surface area contributed by atoms with E-state index in [0.717, 1.165) is 48.7 Å². The first-order valence-electron chi connectivity index (χ1n) is 8.04. The van der Waals surface area contributed by atoms with Crippen molar-refractivity contribution in [3.8, 4) is 0 Å². The maximum atomic E-state index is 9.72. The predicted octanol–water partition coefficient (Wildman–Crippen LogP) is 1.42. The summed E-state index contributed by atoms with van der Waals surface area (Å²) in [6.45, 7) is 7.26. The molecule has 1 aliphatic rings. The number of piperazine rings is 1. The van der Waals surface area contributed by atoms with Crippen molar-refractivity contribution in [3.05, 3.63) is 36.2 Å². The lowest BCUT2D eigenvalue weighted by atomic mass is 9.84. The van der Waals surface area contributed by atoms with Crippen molar-refractivity contribution in [2.75, 3.05) is 31.1 Å². The van der Waals surface area contributed by atoms with Gasteiger partial charge < -0.3 is 14.7 Å². The zero-order chi connectivity index (χ0) is 16.0. The van der Waals surface area contributed by atoms with Crippen LogP contribution in [0.15, 0.2) is 30.6 Å². The van der Waals surface area contributed by atoms with Gasteiger partial charge >= 0.3 is 7.05 Å². The SMILES string of the molecule is CB(O)N1CCN(c2nc3ccc(C)cc3n3ccnc23)CC1. The summed E-state index contributed by atoms with van der Waals surface area (Å²) in [4.78, 5) is 13.7. The van der Waals surface area contributed by atoms with Gasteiger partial charge in [0.1, 0.15) is 0 Å². The van der Waals surface area contributed by atoms with E-state index in [9.17, 15) is 5.02 Å². The Labute approximate surface area is 135 Å². The minimum atomic E-state index is -0.392. The average molecular weight is 309 g/mol. The van der Waals surface area contributed by atoms with Crippen molar-refractivity contribution in [1.29, 1.82) is 0 Å². The Morgan fingerprint density at radius 2 is 1.96 bits per heavy atom. The summed E-state index contributed by atoms with van der Waals surface area (Å²) in [7, 11) is -0.392. The first-order valence-corrected chi connectivity index (χ1v) is 8.04. The second-order valence-electron chi connectivity index (χ2n) is 6.20. The Bertz CT molecular complexity index is 854. The van der Waals surface area contributed by atoms with Crippen LogP contribution >= 0.6 is 0 Å². The fourth-order valence-corrected chi connectivity index (χ4v) is 3.27. The molecule has 0 spiro atoms. The van der Waals surface area contributed by atoms with E-state index in [1.165, 1.54) is 5.56 Å². The van der Waals surface area contributed by atoms with Crippen LogP contribution in [0.2, 0.25) is 6.82 Å². The van der Waals surface area contributed by atoms with Crippen LogP contribution in [0.1, 0.15) is 5.56 Å². The molecule has 3 heterocycles. The van der Waals surface area contributed by atoms with Crippen LogP contribution in [0.3, 0.4) is 0 Å². The van der Waals surface area contributed by atoms with Crippen molar-refractivity contribution in [3.63, 3.8) is 0 Å². The first kappa shape index (κ1) is 14.5. The monoisotopic (exact) mass is 309 g/mol. The molecule has 6 nitrogen and oxygen atoms in total. The zero-order valence-corrected chi connectivity index (χ0v) is 13.5. The lowest BCUT2D eigenvalue weighted by Crippen LogP contribution is -2.51. The molecule has 0 aliphatic carbocycles. The van der Waals surface area contributed by atoms with Crippen LogP contribution in [0, 0.1) is 6.92 Å². The van der Waals surface area contributed by atoms with Gasteiger partial charge in [0.15, 0.2) is 11.5 Å². The van der Waals surface area contributed by atoms with Crippen molar-refractivity contribution in [2.24, 2.45) is 0 Å². The van der Waals surface area contributed by atoms with Crippen molar-refractivity contribution < 1.29 is 5.02 Å². The number of aromatic nitrogens is 3. The molecule has 3 aromatic rings. The first-order chi connectivity index (χ1) is 11.1. The second-order valence-corrected chi connectivity index (χ2v) is 6.20. The van der Waals surface area contributed by atoms with E-state index in [1.807, 2.05) is 19.2 Å². The third-order valence-corrected chi connectivity index (χ3v) is 4.60. The van der Waals surface area contributed by atoms with Crippen LogP contribution in [-0.4, -0.2) is 57.4 Å². The molecule has 23 heavy (non-hydrogen) atoms. The number of hydrogen-bond donors (Lipinski definition) is 1. The van der Waals surface area contributed by atoms with Gasteiger partial charge in [0, 0.05) is 38.6 Å². The van der Waals surface area contributed by atoms with Gasteiger partial charge in [-0.15, -0.1) is 0 Å². The Hall–Kier alpha value is -2.12. The molecule has 1 saturated heterocycles. The Morgan fingerprint density at radius 3 is 2.70 bits per heavy atom. The summed E-state index contributed by atoms with van der Waals surface area (Å²) in [5.41, 5.74) is 4.18. The van der Waals surface area contributed by atoms with Crippen molar-refractivity contribution in [1.82, 2.24) is 19.2 Å². The number of aryl methyl sites for hydroxylation is 1. The minimum Gasteiger partial charge on any atom is -0.437 e. The Balaban J connectivity index is 1.78. The number of rotatable bonds is 2. The molecule has 0 amide bonds. The largest absolute Gasteiger partial charge is 0.437 e. The molecule has 2 aromatic heterocycles. The van der Waals surface area contributed by atoms with E-state index in [4.69, 9.17) is 4.98 Å². The lowest BCUT2D eigenvalue weighted by Gasteiger charge is -2.36. The fraction of sp³-hybridized carbons (Fsp3) is 0.375. The topological polar surface area (TPSA) is 56.9 Å². The quantitative estimate of drug-likeness (QED) is 0.726. The molecule has 0 atom stereocenters. The molecule has 1 aliphatic heterocycles. The van der Waals surface area contributed by atoms with Crippen LogP contribution in [0.4, 0.5) is 5.82 Å². The van der Waals surface area contributed by atoms with Gasteiger partial charge in [-0.05, 0) is 31.4 Å². The van der Waals surface area contributed by atoms with Crippen LogP contribution in [-0.2, 0) is 0 Å². The Kier molecular flexibility index (Phi) is 3.47. The number of nitrogens with zero attached hydrogens (tertiary/aromatic N) is 5. The van der Waals surface area contributed by atoms with Crippen molar-refractivity contribution in [2.45, 2.75) is 13.7 Å². The van der Waals surface area contributed by atoms with Gasteiger partial charge in [-0.1, -0.05) is 6.07 Å². The van der Waals surface area contributed by atoms with E-state index in [-0.39, 0.29) is 0 Å². The number of anilines is 1. The van der Waals surface area contributed by atoms with Gasteiger partial charge in [0.05, 0.1) is 11.0 Å². The normalized spacial score (nSPS) is 16.4. The number of fused-ring (bicyclic) bond motifs is 3. The third-order valence-electron chi connectivity index (χ3n) is 4.60. The van der Waals surface area contributed by atoms with Gasteiger partial charge in [-0.25, -0.2) is 9.97 Å². The maximum absolute atomic E-state index is 9.72. The zero-order valence-electron chi connectivity index (χ0n) is 13.5. The molecule has 0 saturated carbocycles. The molecule has 1 N–H and O–H groups in total. The van der Waals surface area contributed by atoms with E-state index >= 15 is 0 Å². The summed E-state index contributed by atoms with van der Waals surface area (Å²) < 4.78 is 2.12. The standard InChI is InChI=1S/C16H20BN5O/c1-12-3-4-13-14(11-12)22-6-5-18-15(22)16(19-13)20-7-9-21(10-8-20)17(2)23/h3-6,11,23H,7-10H2,1-2H3. The molecule has 0 radical (unpaired) electrons. The minimum absolute atomic E-state index is 0.392. The van der Waals surface area contributed by atoms with Crippen LogP contribution in [0.25, 0.3) is 16.7 Å². The van der Waals surface area contributed by atoms with Crippen LogP contribution in [0.5, 0.6) is 0 Å². The van der Waals surface area contributed by atoms with E-state index in [1.54, 1.807) is 0 Å². The number of hydrogen-bond acceptors (Lipinski definition) is 5. The summed E-state index contributed by atoms with van der Waals surface area (Å²) in [5.74, 6) is 0.927. The van der Waals surface area contributed by atoms with E-state index in [2.05, 4.69) is 44.2 Å². The molecule has 0 bridgehead atoms. The molecule has 1 fully saturated rings. The third kappa shape index (κ3) is 2.46. The Morgan fingerprint density at radius 1 is 1.17 bits per heavy atom. The number of benzene rings is 1. The lowest BCUT2D eigenvalue weighted by molar-refractivity contribution is 0.344. The van der Waals surface area contributed by atoms with Gasteiger partial charge in [-0.2, -0.15) is 0 Å². The molecule has 0 unspecified atom stereocenters. The second kappa shape index (κ2) is 5.51. The summed E-state index contributed by atoms with van der Waals surface area (Å²) in [6, 6.07) is 6.30. The molecule has 7 heteroatoms. The summed E-state index contributed by atoms with van der Waals surface area (Å²) >= 11 is 0. The van der Waals surface area contributed by atoms with Gasteiger partial charge in [0.2, 0.25) is 0 Å². The van der Waals surface area contributed by atoms with Gasteiger partial charge in [0.25, 0.3) is 0 Å². The molecular formula is C16H20BN5O. The molecule has 4 rings (SSSR count). The highest BCUT2D eigenvalue weighted by Gasteiger charge is 2.25. The smallest absolute Gasteiger partial charge is 0.376 e. The highest BCUT2D eigenvalue weighted by molar-refractivity contribution is 6.45. The highest BCUT2D eigenvalue weighted by Crippen LogP contribution is 2.25. The fourth-order valence-electron chi connectivity index (χ4n) is 3.27. The summed E-state index contributed by atoms with van der Waals surface area (Å²) in [5, 5.41) is 9.72. The highest BCUT2D eigenvalue weighted by atomic mass is 16.2. The van der Waals surface area contributed by atoms with E-state index in [0.29, 0.717) is 0 Å². The number of imidazole rings is 1. The predicted molar refractivity (Wildman–Crippen MR) is 92.9 cm³/mol. The van der Waals surface area contributed by atoms with Gasteiger partial charge in [-0.3, -0.25) is 4.40 Å². The molecular weight excluding hydrogens is 289 g/mol. The van der Waals surface area contributed by atoms with Crippen LogP contribution < -0.4 is 4.90 Å². The molecule has 1 aromatic carbocycles. The maximum Gasteiger partial charge on any atom is 0.376 e. The summed E-state index contributed by atoms with van der Waals surface area (Å²) in [6.07, 6.45) is 3.82. The van der Waals surface area contributed by atoms with E-state index < -0.39 is 7.05 Å². The average Bonchev–Trinajstić information content (AvgIpc) is 3.04.